The second-order valence-electron chi connectivity index (χ2n) is 6.61. The van der Waals surface area contributed by atoms with Gasteiger partial charge in [-0.25, -0.2) is 4.98 Å². The lowest BCUT2D eigenvalue weighted by molar-refractivity contribution is 0.866. The fourth-order valence-corrected chi connectivity index (χ4v) is 3.61. The van der Waals surface area contributed by atoms with Crippen LogP contribution in [0.25, 0.3) is 0 Å². The first kappa shape index (κ1) is 17.3. The van der Waals surface area contributed by atoms with Gasteiger partial charge in [0.05, 0.1) is 0 Å². The Labute approximate surface area is 160 Å². The minimum absolute atomic E-state index is 0.618. The van der Waals surface area contributed by atoms with Gasteiger partial charge < -0.3 is 15.1 Å². The lowest BCUT2D eigenvalue weighted by Gasteiger charge is -2.21. The van der Waals surface area contributed by atoms with Crippen molar-refractivity contribution in [3.63, 3.8) is 0 Å². The Morgan fingerprint density at radius 1 is 1.00 bits per heavy atom. The molecule has 0 saturated carbocycles. The van der Waals surface area contributed by atoms with Gasteiger partial charge in [-0.1, -0.05) is 18.2 Å². The van der Waals surface area contributed by atoms with E-state index < -0.39 is 0 Å². The lowest BCUT2D eigenvalue weighted by Crippen LogP contribution is -2.21. The molecule has 4 rings (SSSR count). The second-order valence-corrected chi connectivity index (χ2v) is 6.61. The van der Waals surface area contributed by atoms with Crippen LogP contribution in [0.4, 0.5) is 28.8 Å². The predicted molar refractivity (Wildman–Crippen MR) is 112 cm³/mol. The molecule has 0 aliphatic carbocycles. The molecular weight excluding hydrogens is 334 g/mol. The van der Waals surface area contributed by atoms with Crippen molar-refractivity contribution in [3.05, 3.63) is 66.4 Å². The normalized spacial score (nSPS) is 12.7. The zero-order valence-corrected chi connectivity index (χ0v) is 15.9. The second kappa shape index (κ2) is 7.66. The number of rotatable bonds is 6. The highest BCUT2D eigenvalue weighted by Crippen LogP contribution is 2.33. The van der Waals surface area contributed by atoms with Gasteiger partial charge in [0, 0.05) is 42.9 Å². The molecule has 5 heteroatoms. The van der Waals surface area contributed by atoms with Gasteiger partial charge in [-0.15, -0.1) is 0 Å². The maximum absolute atomic E-state index is 4.73. The number of nitrogens with zero attached hydrogens (tertiary/aromatic N) is 4. The van der Waals surface area contributed by atoms with E-state index in [1.807, 2.05) is 12.3 Å². The molecule has 0 bridgehead atoms. The van der Waals surface area contributed by atoms with Crippen LogP contribution in [-0.2, 0) is 6.42 Å². The Morgan fingerprint density at radius 3 is 2.56 bits per heavy atom. The van der Waals surface area contributed by atoms with Gasteiger partial charge in [-0.3, -0.25) is 0 Å². The van der Waals surface area contributed by atoms with Crippen LogP contribution in [0.15, 0.2) is 60.8 Å². The molecule has 1 aliphatic rings. The summed E-state index contributed by atoms with van der Waals surface area (Å²) in [5.74, 6) is 1.55. The number of hydrogen-bond acceptors (Lipinski definition) is 5. The lowest BCUT2D eigenvalue weighted by atomic mass is 10.2. The first-order chi connectivity index (χ1) is 13.3. The van der Waals surface area contributed by atoms with Crippen LogP contribution in [0, 0.1) is 0 Å². The molecule has 2 aromatic carbocycles. The van der Waals surface area contributed by atoms with Crippen molar-refractivity contribution in [1.82, 2.24) is 9.97 Å². The van der Waals surface area contributed by atoms with E-state index in [1.54, 1.807) is 0 Å². The molecule has 0 amide bonds. The number of nitrogens with one attached hydrogen (secondary N) is 1. The Bertz CT molecular complexity index is 903. The van der Waals surface area contributed by atoms with E-state index in [0.717, 1.165) is 37.6 Å². The number of aromatic nitrogens is 2. The van der Waals surface area contributed by atoms with Gasteiger partial charge in [-0.05, 0) is 62.2 Å². The Balaban J connectivity index is 1.52. The standard InChI is InChI=1S/C22H25N5/c1-3-26(4-2)19-11-9-18(10-12-19)24-22-23-15-13-21(25-22)27-16-14-17-7-5-6-8-20(17)27/h5-13,15H,3-4,14,16H2,1-2H3,(H,23,24,25). The largest absolute Gasteiger partial charge is 0.372 e. The van der Waals surface area contributed by atoms with Crippen LogP contribution in [0.5, 0.6) is 0 Å². The summed E-state index contributed by atoms with van der Waals surface area (Å²) in [6.45, 7) is 7.31. The van der Waals surface area contributed by atoms with E-state index in [4.69, 9.17) is 4.98 Å². The van der Waals surface area contributed by atoms with Crippen LogP contribution in [0.3, 0.4) is 0 Å². The van der Waals surface area contributed by atoms with Crippen LogP contribution in [0.2, 0.25) is 0 Å². The summed E-state index contributed by atoms with van der Waals surface area (Å²) in [6.07, 6.45) is 2.87. The van der Waals surface area contributed by atoms with Crippen molar-refractivity contribution in [2.24, 2.45) is 0 Å². The molecule has 27 heavy (non-hydrogen) atoms. The molecule has 0 radical (unpaired) electrons. The minimum Gasteiger partial charge on any atom is -0.372 e. The molecule has 0 saturated heterocycles. The van der Waals surface area contributed by atoms with Crippen molar-refractivity contribution in [3.8, 4) is 0 Å². The third kappa shape index (κ3) is 3.58. The van der Waals surface area contributed by atoms with Crippen LogP contribution in [0.1, 0.15) is 19.4 Å². The van der Waals surface area contributed by atoms with Gasteiger partial charge in [0.15, 0.2) is 0 Å². The Morgan fingerprint density at radius 2 is 1.78 bits per heavy atom. The van der Waals surface area contributed by atoms with Gasteiger partial charge in [0.25, 0.3) is 0 Å². The van der Waals surface area contributed by atoms with Crippen molar-refractivity contribution in [2.45, 2.75) is 20.3 Å². The highest BCUT2D eigenvalue weighted by atomic mass is 15.2. The molecule has 0 unspecified atom stereocenters. The zero-order chi connectivity index (χ0) is 18.6. The summed E-state index contributed by atoms with van der Waals surface area (Å²) < 4.78 is 0. The average Bonchev–Trinajstić information content (AvgIpc) is 3.15. The molecule has 1 N–H and O–H groups in total. The van der Waals surface area contributed by atoms with E-state index in [-0.39, 0.29) is 0 Å². The summed E-state index contributed by atoms with van der Waals surface area (Å²) in [6, 6.07) is 18.9. The van der Waals surface area contributed by atoms with Gasteiger partial charge in [-0.2, -0.15) is 4.98 Å². The molecule has 1 aliphatic heterocycles. The van der Waals surface area contributed by atoms with Gasteiger partial charge in [0.1, 0.15) is 5.82 Å². The maximum Gasteiger partial charge on any atom is 0.229 e. The number of para-hydroxylation sites is 1. The summed E-state index contributed by atoms with van der Waals surface area (Å²) in [7, 11) is 0. The molecular formula is C22H25N5. The molecule has 2 heterocycles. The number of anilines is 5. The number of fused-ring (bicyclic) bond motifs is 1. The molecule has 138 valence electrons. The maximum atomic E-state index is 4.73. The quantitative estimate of drug-likeness (QED) is 0.687. The molecule has 1 aromatic heterocycles. The molecule has 3 aromatic rings. The molecule has 0 spiro atoms. The van der Waals surface area contributed by atoms with Crippen molar-refractivity contribution < 1.29 is 0 Å². The molecule has 5 nitrogen and oxygen atoms in total. The van der Waals surface area contributed by atoms with E-state index in [9.17, 15) is 0 Å². The Hall–Kier alpha value is -3.08. The van der Waals surface area contributed by atoms with Crippen molar-refractivity contribution in [1.29, 1.82) is 0 Å². The first-order valence-corrected chi connectivity index (χ1v) is 9.59. The number of benzene rings is 2. The van der Waals surface area contributed by atoms with Crippen LogP contribution < -0.4 is 15.1 Å². The van der Waals surface area contributed by atoms with E-state index in [2.05, 4.69) is 82.5 Å². The van der Waals surface area contributed by atoms with E-state index >= 15 is 0 Å². The monoisotopic (exact) mass is 359 g/mol. The SMILES string of the molecule is CCN(CC)c1ccc(Nc2nccc(N3CCc4ccccc43)n2)cc1. The molecule has 0 fully saturated rings. The molecule has 0 atom stereocenters. The third-order valence-electron chi connectivity index (χ3n) is 5.06. The van der Waals surface area contributed by atoms with Crippen molar-refractivity contribution in [2.75, 3.05) is 34.8 Å². The number of hydrogen-bond donors (Lipinski definition) is 1. The fourth-order valence-electron chi connectivity index (χ4n) is 3.61. The van der Waals surface area contributed by atoms with Gasteiger partial charge in [0.2, 0.25) is 5.95 Å². The van der Waals surface area contributed by atoms with Crippen molar-refractivity contribution >= 4 is 28.8 Å². The minimum atomic E-state index is 0.618. The highest BCUT2D eigenvalue weighted by molar-refractivity contribution is 5.68. The smallest absolute Gasteiger partial charge is 0.229 e. The summed E-state index contributed by atoms with van der Waals surface area (Å²) in [4.78, 5) is 13.7. The van der Waals surface area contributed by atoms with Crippen LogP contribution >= 0.6 is 0 Å². The topological polar surface area (TPSA) is 44.3 Å². The summed E-state index contributed by atoms with van der Waals surface area (Å²) in [5, 5.41) is 3.33. The summed E-state index contributed by atoms with van der Waals surface area (Å²) in [5.41, 5.74) is 4.84. The van der Waals surface area contributed by atoms with E-state index in [1.165, 1.54) is 16.9 Å². The summed E-state index contributed by atoms with van der Waals surface area (Å²) >= 11 is 0. The third-order valence-corrected chi connectivity index (χ3v) is 5.06. The van der Waals surface area contributed by atoms with Gasteiger partial charge >= 0.3 is 0 Å². The van der Waals surface area contributed by atoms with E-state index in [0.29, 0.717) is 5.95 Å². The Kier molecular flexibility index (Phi) is 4.92. The predicted octanol–water partition coefficient (Wildman–Crippen LogP) is 4.76. The van der Waals surface area contributed by atoms with Crippen LogP contribution in [-0.4, -0.2) is 29.6 Å². The zero-order valence-electron chi connectivity index (χ0n) is 15.9. The first-order valence-electron chi connectivity index (χ1n) is 9.59. The average molecular weight is 359 g/mol. The fraction of sp³-hybridized carbons (Fsp3) is 0.273. The highest BCUT2D eigenvalue weighted by Gasteiger charge is 2.21.